The molecule has 1 fully saturated rings. The van der Waals surface area contributed by atoms with Gasteiger partial charge in [0.25, 0.3) is 0 Å². The topological polar surface area (TPSA) is 42.4 Å². The first-order valence-electron chi connectivity index (χ1n) is 7.79. The highest BCUT2D eigenvalue weighted by Gasteiger charge is 2.24. The van der Waals surface area contributed by atoms with Gasteiger partial charge < -0.3 is 9.84 Å². The monoisotopic (exact) mass is 285 g/mol. The van der Waals surface area contributed by atoms with Crippen molar-refractivity contribution in [1.82, 2.24) is 4.98 Å². The molecule has 0 saturated heterocycles. The number of hydrogen-bond donors (Lipinski definition) is 1. The number of methoxy groups -OCH3 is 1. The second-order valence-electron chi connectivity index (χ2n) is 6.11. The Kier molecular flexibility index (Phi) is 4.51. The van der Waals surface area contributed by atoms with Crippen LogP contribution in [-0.4, -0.2) is 23.8 Å². The van der Waals surface area contributed by atoms with E-state index in [2.05, 4.69) is 12.1 Å². The number of aliphatic hydroxyl groups excluding tert-OH is 1. The molecule has 0 aliphatic heterocycles. The second kappa shape index (κ2) is 6.54. The molecule has 0 radical (unpaired) electrons. The highest BCUT2D eigenvalue weighted by molar-refractivity contribution is 5.79. The fourth-order valence-corrected chi connectivity index (χ4v) is 3.46. The van der Waals surface area contributed by atoms with Gasteiger partial charge in [0.2, 0.25) is 0 Å². The van der Waals surface area contributed by atoms with Crippen LogP contribution in [-0.2, 0) is 11.3 Å². The number of nitrogens with zero attached hydrogens (tertiary/aromatic N) is 1. The zero-order valence-corrected chi connectivity index (χ0v) is 12.6. The van der Waals surface area contributed by atoms with E-state index in [1.54, 1.807) is 7.11 Å². The molecule has 1 saturated carbocycles. The normalized spacial score (nSPS) is 22.6. The first-order chi connectivity index (χ1) is 10.3. The lowest BCUT2D eigenvalue weighted by Gasteiger charge is -2.28. The maximum absolute atomic E-state index is 9.20. The van der Waals surface area contributed by atoms with Crippen molar-refractivity contribution in [2.45, 2.75) is 38.2 Å². The first-order valence-corrected chi connectivity index (χ1v) is 7.79. The molecule has 21 heavy (non-hydrogen) atoms. The van der Waals surface area contributed by atoms with E-state index in [-0.39, 0.29) is 6.61 Å². The van der Waals surface area contributed by atoms with Gasteiger partial charge in [0.15, 0.2) is 0 Å². The number of aliphatic hydroxyl groups is 1. The maximum Gasteiger partial charge on any atom is 0.0705 e. The maximum atomic E-state index is 9.20. The van der Waals surface area contributed by atoms with Gasteiger partial charge in [-0.1, -0.05) is 18.6 Å². The molecule has 0 amide bonds. The van der Waals surface area contributed by atoms with E-state index < -0.39 is 0 Å². The van der Waals surface area contributed by atoms with E-state index in [9.17, 15) is 5.11 Å². The average Bonchev–Trinajstić information content (AvgIpc) is 2.54. The van der Waals surface area contributed by atoms with Crippen molar-refractivity contribution < 1.29 is 9.84 Å². The van der Waals surface area contributed by atoms with Crippen LogP contribution in [0, 0.1) is 5.92 Å². The summed E-state index contributed by atoms with van der Waals surface area (Å²) in [6.07, 6.45) is 4.95. The van der Waals surface area contributed by atoms with Gasteiger partial charge in [0, 0.05) is 30.7 Å². The standard InChI is InChI=1S/C18H23NO2/c1-21-12-14-3-2-4-15(10-14)18-8-6-16-9-13(11-20)5-7-17(16)19-18/h5-9,14-15,20H,2-4,10-12H2,1H3/t14-,15-/m1/s1. The molecule has 1 aliphatic carbocycles. The molecule has 0 unspecified atom stereocenters. The van der Waals surface area contributed by atoms with Gasteiger partial charge in [-0.25, -0.2) is 0 Å². The molecule has 112 valence electrons. The molecule has 1 N–H and O–H groups in total. The van der Waals surface area contributed by atoms with Crippen molar-refractivity contribution in [2.75, 3.05) is 13.7 Å². The molecule has 2 atom stereocenters. The van der Waals surface area contributed by atoms with Crippen LogP contribution in [0.4, 0.5) is 0 Å². The molecular formula is C18H23NO2. The van der Waals surface area contributed by atoms with E-state index in [0.29, 0.717) is 11.8 Å². The number of hydrogen-bond acceptors (Lipinski definition) is 3. The van der Waals surface area contributed by atoms with Crippen molar-refractivity contribution in [2.24, 2.45) is 5.92 Å². The summed E-state index contributed by atoms with van der Waals surface area (Å²) in [6, 6.07) is 10.3. The Morgan fingerprint density at radius 1 is 1.24 bits per heavy atom. The Morgan fingerprint density at radius 2 is 2.14 bits per heavy atom. The molecule has 1 aromatic carbocycles. The minimum atomic E-state index is 0.0824. The molecule has 2 aromatic rings. The van der Waals surface area contributed by atoms with Gasteiger partial charge in [0.05, 0.1) is 12.1 Å². The van der Waals surface area contributed by atoms with Crippen LogP contribution in [0.3, 0.4) is 0 Å². The van der Waals surface area contributed by atoms with Crippen LogP contribution in [0.25, 0.3) is 10.9 Å². The van der Waals surface area contributed by atoms with Crippen LogP contribution in [0.15, 0.2) is 30.3 Å². The van der Waals surface area contributed by atoms with Gasteiger partial charge in [-0.05, 0) is 48.9 Å². The number of pyridine rings is 1. The van der Waals surface area contributed by atoms with E-state index in [0.717, 1.165) is 23.1 Å². The van der Waals surface area contributed by atoms with Crippen LogP contribution in [0.1, 0.15) is 42.9 Å². The highest BCUT2D eigenvalue weighted by Crippen LogP contribution is 2.36. The average molecular weight is 285 g/mol. The minimum absolute atomic E-state index is 0.0824. The molecular weight excluding hydrogens is 262 g/mol. The fourth-order valence-electron chi connectivity index (χ4n) is 3.46. The lowest BCUT2D eigenvalue weighted by atomic mass is 9.80. The van der Waals surface area contributed by atoms with Gasteiger partial charge in [0.1, 0.15) is 0 Å². The summed E-state index contributed by atoms with van der Waals surface area (Å²) in [7, 11) is 1.79. The van der Waals surface area contributed by atoms with Crippen LogP contribution in [0.5, 0.6) is 0 Å². The lowest BCUT2D eigenvalue weighted by molar-refractivity contribution is 0.125. The van der Waals surface area contributed by atoms with Gasteiger partial charge in [-0.2, -0.15) is 0 Å². The van der Waals surface area contributed by atoms with Crippen LogP contribution in [0.2, 0.25) is 0 Å². The highest BCUT2D eigenvalue weighted by atomic mass is 16.5. The van der Waals surface area contributed by atoms with Crippen molar-refractivity contribution >= 4 is 10.9 Å². The van der Waals surface area contributed by atoms with Gasteiger partial charge in [-0.3, -0.25) is 4.98 Å². The zero-order valence-electron chi connectivity index (χ0n) is 12.6. The molecule has 1 heterocycles. The van der Waals surface area contributed by atoms with Crippen molar-refractivity contribution in [3.05, 3.63) is 41.6 Å². The SMILES string of the molecule is COC[C@@H]1CCC[C@@H](c2ccc3cc(CO)ccc3n2)C1. The van der Waals surface area contributed by atoms with E-state index >= 15 is 0 Å². The molecule has 3 heteroatoms. The summed E-state index contributed by atoms with van der Waals surface area (Å²) in [6.45, 7) is 0.947. The number of rotatable bonds is 4. The quantitative estimate of drug-likeness (QED) is 0.932. The second-order valence-corrected chi connectivity index (χ2v) is 6.11. The Labute approximate surface area is 126 Å². The summed E-state index contributed by atoms with van der Waals surface area (Å²) in [4.78, 5) is 4.85. The molecule has 1 aliphatic rings. The summed E-state index contributed by atoms with van der Waals surface area (Å²) in [5, 5.41) is 10.3. The number of ether oxygens (including phenoxy) is 1. The smallest absolute Gasteiger partial charge is 0.0705 e. The number of benzene rings is 1. The lowest BCUT2D eigenvalue weighted by Crippen LogP contribution is -2.18. The third-order valence-electron chi connectivity index (χ3n) is 4.56. The molecule has 1 aromatic heterocycles. The predicted octanol–water partition coefficient (Wildman–Crippen LogP) is 3.65. The molecule has 0 bridgehead atoms. The van der Waals surface area contributed by atoms with Crippen molar-refractivity contribution in [1.29, 1.82) is 0 Å². The number of aromatic nitrogens is 1. The summed E-state index contributed by atoms with van der Waals surface area (Å²) >= 11 is 0. The van der Waals surface area contributed by atoms with E-state index in [4.69, 9.17) is 9.72 Å². The third kappa shape index (κ3) is 3.25. The summed E-state index contributed by atoms with van der Waals surface area (Å²) in [5.41, 5.74) is 3.17. The molecule has 3 rings (SSSR count). The van der Waals surface area contributed by atoms with Crippen LogP contribution >= 0.6 is 0 Å². The number of fused-ring (bicyclic) bond motifs is 1. The Balaban J connectivity index is 1.83. The van der Waals surface area contributed by atoms with Gasteiger partial charge >= 0.3 is 0 Å². The Bertz CT molecular complexity index is 609. The fraction of sp³-hybridized carbons (Fsp3) is 0.500. The van der Waals surface area contributed by atoms with E-state index in [1.807, 2.05) is 18.2 Å². The van der Waals surface area contributed by atoms with Crippen molar-refractivity contribution in [3.63, 3.8) is 0 Å². The predicted molar refractivity (Wildman–Crippen MR) is 84.2 cm³/mol. The zero-order chi connectivity index (χ0) is 14.7. The first kappa shape index (κ1) is 14.5. The summed E-state index contributed by atoms with van der Waals surface area (Å²) in [5.74, 6) is 1.23. The third-order valence-corrected chi connectivity index (χ3v) is 4.56. The molecule has 0 spiro atoms. The summed E-state index contributed by atoms with van der Waals surface area (Å²) < 4.78 is 5.32. The van der Waals surface area contributed by atoms with Gasteiger partial charge in [-0.15, -0.1) is 0 Å². The largest absolute Gasteiger partial charge is 0.392 e. The molecule has 3 nitrogen and oxygen atoms in total. The van der Waals surface area contributed by atoms with Crippen LogP contribution < -0.4 is 0 Å². The van der Waals surface area contributed by atoms with Crippen molar-refractivity contribution in [3.8, 4) is 0 Å². The Morgan fingerprint density at radius 3 is 2.95 bits per heavy atom. The minimum Gasteiger partial charge on any atom is -0.392 e. The van der Waals surface area contributed by atoms with E-state index in [1.165, 1.54) is 31.4 Å². The Hall–Kier alpha value is -1.45.